The summed E-state index contributed by atoms with van der Waals surface area (Å²) in [6.45, 7) is 3.75. The van der Waals surface area contributed by atoms with E-state index >= 15 is 0 Å². The van der Waals surface area contributed by atoms with Crippen LogP contribution in [0.15, 0.2) is 24.3 Å². The second-order valence-electron chi connectivity index (χ2n) is 7.21. The van der Waals surface area contributed by atoms with Gasteiger partial charge >= 0.3 is 0 Å². The summed E-state index contributed by atoms with van der Waals surface area (Å²) in [5, 5.41) is 6.03. The van der Waals surface area contributed by atoms with Crippen LogP contribution in [0.3, 0.4) is 0 Å². The molecule has 2 amide bonds. The molecular formula is C22H35N3O2S. The first-order valence-electron chi connectivity index (χ1n) is 10.4. The molecule has 0 saturated heterocycles. The Morgan fingerprint density at radius 1 is 0.929 bits per heavy atom. The standard InChI is InChI=1S/C22H35N3O2S/c1-4-5-6-7-8-9-10-11-12-13-21(27)24-22(28)23-19-14-16-20(17-15-19)25(3)18(2)26/h14-17H,4-13H2,1-3H3,(H2,23,24,27,28). The molecule has 1 rings (SSSR count). The van der Waals surface area contributed by atoms with Crippen LogP contribution in [0.25, 0.3) is 0 Å². The lowest BCUT2D eigenvalue weighted by molar-refractivity contribution is -0.119. The lowest BCUT2D eigenvalue weighted by Gasteiger charge is -2.16. The fraction of sp³-hybridized carbons (Fsp3) is 0.591. The maximum atomic E-state index is 12.0. The van der Waals surface area contributed by atoms with Gasteiger partial charge in [-0.05, 0) is 42.9 Å². The first-order chi connectivity index (χ1) is 13.4. The van der Waals surface area contributed by atoms with Crippen molar-refractivity contribution in [3.05, 3.63) is 24.3 Å². The number of carbonyl (C=O) groups excluding carboxylic acids is 2. The zero-order chi connectivity index (χ0) is 20.8. The van der Waals surface area contributed by atoms with E-state index in [1.165, 1.54) is 51.9 Å². The molecule has 2 N–H and O–H groups in total. The number of carbonyl (C=O) groups is 2. The number of amides is 2. The van der Waals surface area contributed by atoms with Gasteiger partial charge in [0.15, 0.2) is 5.11 Å². The van der Waals surface area contributed by atoms with Gasteiger partial charge in [0.2, 0.25) is 11.8 Å². The highest BCUT2D eigenvalue weighted by atomic mass is 32.1. The van der Waals surface area contributed by atoms with Crippen molar-refractivity contribution in [1.82, 2.24) is 5.32 Å². The SMILES string of the molecule is CCCCCCCCCCCC(=O)NC(=S)Nc1ccc(N(C)C(C)=O)cc1. The van der Waals surface area contributed by atoms with Crippen molar-refractivity contribution in [3.63, 3.8) is 0 Å². The van der Waals surface area contributed by atoms with Crippen molar-refractivity contribution in [2.24, 2.45) is 0 Å². The molecule has 0 aliphatic rings. The van der Waals surface area contributed by atoms with Crippen molar-refractivity contribution in [3.8, 4) is 0 Å². The van der Waals surface area contributed by atoms with Crippen LogP contribution in [-0.2, 0) is 9.59 Å². The molecule has 1 aromatic carbocycles. The number of hydrogen-bond donors (Lipinski definition) is 2. The third kappa shape index (κ3) is 10.4. The van der Waals surface area contributed by atoms with E-state index in [4.69, 9.17) is 12.2 Å². The monoisotopic (exact) mass is 405 g/mol. The number of benzene rings is 1. The number of hydrogen-bond acceptors (Lipinski definition) is 3. The highest BCUT2D eigenvalue weighted by Crippen LogP contribution is 2.17. The molecule has 0 aliphatic heterocycles. The van der Waals surface area contributed by atoms with Gasteiger partial charge in [-0.15, -0.1) is 0 Å². The van der Waals surface area contributed by atoms with E-state index in [1.54, 1.807) is 11.9 Å². The lowest BCUT2D eigenvalue weighted by Crippen LogP contribution is -2.33. The van der Waals surface area contributed by atoms with Gasteiger partial charge in [-0.3, -0.25) is 9.59 Å². The highest BCUT2D eigenvalue weighted by molar-refractivity contribution is 7.80. The van der Waals surface area contributed by atoms with Gasteiger partial charge in [-0.2, -0.15) is 0 Å². The van der Waals surface area contributed by atoms with Crippen LogP contribution in [-0.4, -0.2) is 24.0 Å². The second kappa shape index (κ2) is 14.1. The van der Waals surface area contributed by atoms with Crippen molar-refractivity contribution < 1.29 is 9.59 Å². The molecule has 0 atom stereocenters. The molecule has 156 valence electrons. The fourth-order valence-electron chi connectivity index (χ4n) is 2.90. The van der Waals surface area contributed by atoms with Crippen LogP contribution < -0.4 is 15.5 Å². The Kier molecular flexibility index (Phi) is 12.1. The Labute approximate surface area is 175 Å². The van der Waals surface area contributed by atoms with E-state index in [0.29, 0.717) is 11.5 Å². The van der Waals surface area contributed by atoms with E-state index in [2.05, 4.69) is 17.6 Å². The van der Waals surface area contributed by atoms with Gasteiger partial charge in [0.1, 0.15) is 0 Å². The summed E-state index contributed by atoms with van der Waals surface area (Å²) in [5.41, 5.74) is 1.58. The minimum atomic E-state index is -0.0478. The van der Waals surface area contributed by atoms with Crippen LogP contribution in [0, 0.1) is 0 Å². The molecule has 6 heteroatoms. The number of unbranched alkanes of at least 4 members (excludes halogenated alkanes) is 8. The third-order valence-corrected chi connectivity index (χ3v) is 4.95. The molecule has 0 heterocycles. The normalized spacial score (nSPS) is 10.4. The number of rotatable bonds is 12. The minimum Gasteiger partial charge on any atom is -0.332 e. The van der Waals surface area contributed by atoms with E-state index in [9.17, 15) is 9.59 Å². The zero-order valence-corrected chi connectivity index (χ0v) is 18.4. The van der Waals surface area contributed by atoms with Crippen LogP contribution in [0.2, 0.25) is 0 Å². The molecule has 0 bridgehead atoms. The van der Waals surface area contributed by atoms with E-state index < -0.39 is 0 Å². The Morgan fingerprint density at radius 3 is 2.00 bits per heavy atom. The molecule has 0 saturated carbocycles. The van der Waals surface area contributed by atoms with Crippen molar-refractivity contribution in [1.29, 1.82) is 0 Å². The maximum Gasteiger partial charge on any atom is 0.226 e. The molecule has 0 aliphatic carbocycles. The van der Waals surface area contributed by atoms with Crippen molar-refractivity contribution in [2.75, 3.05) is 17.3 Å². The van der Waals surface area contributed by atoms with Crippen molar-refractivity contribution >= 4 is 40.5 Å². The number of nitrogens with zero attached hydrogens (tertiary/aromatic N) is 1. The predicted molar refractivity (Wildman–Crippen MR) is 122 cm³/mol. The minimum absolute atomic E-state index is 0.0278. The summed E-state index contributed by atoms with van der Waals surface area (Å²) >= 11 is 5.20. The second-order valence-corrected chi connectivity index (χ2v) is 7.61. The van der Waals surface area contributed by atoms with E-state index in [1.807, 2.05) is 24.3 Å². The Morgan fingerprint density at radius 2 is 1.46 bits per heavy atom. The molecule has 1 aromatic rings. The summed E-state index contributed by atoms with van der Waals surface area (Å²) in [6.07, 6.45) is 11.6. The molecular weight excluding hydrogens is 370 g/mol. The molecule has 0 fully saturated rings. The van der Waals surface area contributed by atoms with Crippen LogP contribution in [0.4, 0.5) is 11.4 Å². The summed E-state index contributed by atoms with van der Waals surface area (Å²) < 4.78 is 0. The smallest absolute Gasteiger partial charge is 0.226 e. The third-order valence-electron chi connectivity index (χ3n) is 4.75. The Bertz CT molecular complexity index is 617. The largest absolute Gasteiger partial charge is 0.332 e. The Hall–Kier alpha value is -1.95. The van der Waals surface area contributed by atoms with Crippen LogP contribution >= 0.6 is 12.2 Å². The summed E-state index contributed by atoms with van der Waals surface area (Å²) in [4.78, 5) is 24.9. The quantitative estimate of drug-likeness (QED) is 0.361. The molecule has 0 radical (unpaired) electrons. The lowest BCUT2D eigenvalue weighted by atomic mass is 10.1. The van der Waals surface area contributed by atoms with E-state index in [-0.39, 0.29) is 11.8 Å². The number of thiocarbonyl (C=S) groups is 1. The number of anilines is 2. The predicted octanol–water partition coefficient (Wildman–Crippen LogP) is 5.40. The first-order valence-corrected chi connectivity index (χ1v) is 10.8. The average molecular weight is 406 g/mol. The molecule has 28 heavy (non-hydrogen) atoms. The van der Waals surface area contributed by atoms with Crippen molar-refractivity contribution in [2.45, 2.75) is 78.1 Å². The molecule has 0 aromatic heterocycles. The van der Waals surface area contributed by atoms with Gasteiger partial charge < -0.3 is 15.5 Å². The average Bonchev–Trinajstić information content (AvgIpc) is 2.66. The summed E-state index contributed by atoms with van der Waals surface area (Å²) in [6, 6.07) is 7.31. The molecule has 5 nitrogen and oxygen atoms in total. The summed E-state index contributed by atoms with van der Waals surface area (Å²) in [5.74, 6) is -0.0756. The van der Waals surface area contributed by atoms with Crippen LogP contribution in [0.1, 0.15) is 78.1 Å². The topological polar surface area (TPSA) is 61.4 Å². The highest BCUT2D eigenvalue weighted by Gasteiger charge is 2.07. The number of nitrogens with one attached hydrogen (secondary N) is 2. The van der Waals surface area contributed by atoms with E-state index in [0.717, 1.165) is 24.2 Å². The van der Waals surface area contributed by atoms with Gasteiger partial charge in [0.25, 0.3) is 0 Å². The zero-order valence-electron chi connectivity index (χ0n) is 17.6. The van der Waals surface area contributed by atoms with Crippen LogP contribution in [0.5, 0.6) is 0 Å². The van der Waals surface area contributed by atoms with Gasteiger partial charge in [-0.1, -0.05) is 58.3 Å². The Balaban J connectivity index is 2.17. The fourth-order valence-corrected chi connectivity index (χ4v) is 3.13. The summed E-state index contributed by atoms with van der Waals surface area (Å²) in [7, 11) is 1.72. The maximum absolute atomic E-state index is 12.0. The first kappa shape index (κ1) is 24.1. The van der Waals surface area contributed by atoms with Gasteiger partial charge in [-0.25, -0.2) is 0 Å². The van der Waals surface area contributed by atoms with Gasteiger partial charge in [0.05, 0.1) is 0 Å². The molecule has 0 spiro atoms. The molecule has 0 unspecified atom stereocenters. The van der Waals surface area contributed by atoms with Gasteiger partial charge in [0, 0.05) is 31.8 Å².